The van der Waals surface area contributed by atoms with Crippen molar-refractivity contribution in [3.05, 3.63) is 52.1 Å². The van der Waals surface area contributed by atoms with E-state index in [0.29, 0.717) is 11.3 Å². The number of ketones is 1. The highest BCUT2D eigenvalue weighted by atomic mass is 31.1. The van der Waals surface area contributed by atoms with Gasteiger partial charge < -0.3 is 14.2 Å². The van der Waals surface area contributed by atoms with Crippen molar-refractivity contribution in [1.29, 1.82) is 0 Å². The summed E-state index contributed by atoms with van der Waals surface area (Å²) in [5.74, 6) is 0.756. The van der Waals surface area contributed by atoms with Crippen molar-refractivity contribution < 1.29 is 28.4 Å². The first-order valence-corrected chi connectivity index (χ1v) is 11.8. The molecule has 2 rings (SSSR count). The third-order valence-electron chi connectivity index (χ3n) is 5.37. The molecule has 0 aromatic heterocycles. The zero-order valence-electron chi connectivity index (χ0n) is 20.1. The first kappa shape index (κ1) is 25.5. The van der Waals surface area contributed by atoms with Crippen LogP contribution in [0, 0.1) is 13.8 Å². The molecule has 0 heterocycles. The lowest BCUT2D eigenvalue weighted by Gasteiger charge is -2.22. The average Bonchev–Trinajstić information content (AvgIpc) is 2.74. The zero-order valence-corrected chi connectivity index (χ0v) is 21.0. The van der Waals surface area contributed by atoms with Crippen LogP contribution in [0.4, 0.5) is 0 Å². The van der Waals surface area contributed by atoms with E-state index in [-0.39, 0.29) is 40.8 Å². The second-order valence-electron chi connectivity index (χ2n) is 8.72. The Labute approximate surface area is 191 Å². The Bertz CT molecular complexity index is 1000. The molecule has 0 bridgehead atoms. The first-order chi connectivity index (χ1) is 14.9. The van der Waals surface area contributed by atoms with Gasteiger partial charge in [0.2, 0.25) is 0 Å². The molecule has 2 aromatic rings. The summed E-state index contributed by atoms with van der Waals surface area (Å²) in [7, 11) is 1.95. The van der Waals surface area contributed by atoms with E-state index in [0.717, 1.165) is 16.7 Å². The minimum absolute atomic E-state index is 0.0122. The van der Waals surface area contributed by atoms with Gasteiger partial charge in [0.1, 0.15) is 17.2 Å². The van der Waals surface area contributed by atoms with E-state index in [4.69, 9.17) is 14.2 Å². The van der Waals surface area contributed by atoms with E-state index in [1.54, 1.807) is 0 Å². The van der Waals surface area contributed by atoms with Crippen molar-refractivity contribution in [3.8, 4) is 17.2 Å². The molecule has 32 heavy (non-hydrogen) atoms. The molecule has 0 saturated heterocycles. The molecule has 0 saturated carbocycles. The molecule has 172 valence electrons. The van der Waals surface area contributed by atoms with E-state index < -0.39 is 13.3 Å². The monoisotopic (exact) mass is 459 g/mol. The average molecular weight is 459 g/mol. The van der Waals surface area contributed by atoms with Gasteiger partial charge in [-0.15, -0.1) is 0 Å². The lowest BCUT2D eigenvalue weighted by Crippen LogP contribution is -2.14. The molecule has 0 spiro atoms. The van der Waals surface area contributed by atoms with Crippen molar-refractivity contribution >= 4 is 19.1 Å². The SMILES string of the molecule is COc1cc(OC)c(C(=O)[P+](=O)CCC(=O)c2c(C)cc(C(C)(C)C)cc2C)c(OC)c1. The fourth-order valence-corrected chi connectivity index (χ4v) is 4.69. The molecule has 7 heteroatoms. The Morgan fingerprint density at radius 3 is 1.75 bits per heavy atom. The molecule has 0 aliphatic carbocycles. The van der Waals surface area contributed by atoms with E-state index >= 15 is 0 Å². The predicted octanol–water partition coefficient (Wildman–Crippen LogP) is 5.87. The summed E-state index contributed by atoms with van der Waals surface area (Å²) in [6, 6.07) is 7.12. The number of rotatable bonds is 9. The number of benzene rings is 2. The number of aryl methyl sites for hydroxylation is 2. The van der Waals surface area contributed by atoms with Crippen LogP contribution in [0.25, 0.3) is 0 Å². The summed E-state index contributed by atoms with van der Waals surface area (Å²) in [6.07, 6.45) is -0.0382. The standard InChI is InChI=1S/C25H32O6P/c1-15-11-17(25(3,4)5)12-16(2)22(15)19(26)9-10-32(28)24(27)23-20(30-7)13-18(29-6)14-21(23)31-8/h11-14H,9-10H2,1-8H3/q+1. The number of carbonyl (C=O) groups excluding carboxylic acids is 2. The Hall–Kier alpha value is -2.72. The quantitative estimate of drug-likeness (QED) is 0.345. The Morgan fingerprint density at radius 2 is 1.34 bits per heavy atom. The number of hydrogen-bond donors (Lipinski definition) is 0. The van der Waals surface area contributed by atoms with Crippen LogP contribution in [-0.4, -0.2) is 38.8 Å². The normalized spacial score (nSPS) is 11.7. The first-order valence-electron chi connectivity index (χ1n) is 10.4. The Balaban J connectivity index is 2.23. The molecular formula is C25H32O6P+. The largest absolute Gasteiger partial charge is 0.496 e. The van der Waals surface area contributed by atoms with E-state index in [1.807, 2.05) is 26.0 Å². The number of methoxy groups -OCH3 is 3. The van der Waals surface area contributed by atoms with Crippen LogP contribution >= 0.6 is 7.80 Å². The summed E-state index contributed by atoms with van der Waals surface area (Å²) < 4.78 is 28.6. The van der Waals surface area contributed by atoms with Crippen LogP contribution in [0.15, 0.2) is 24.3 Å². The third kappa shape index (κ3) is 5.55. The summed E-state index contributed by atoms with van der Waals surface area (Å²) in [5.41, 5.74) is 3.02. The highest BCUT2D eigenvalue weighted by molar-refractivity contribution is 7.64. The maximum absolute atomic E-state index is 12.9. The number of carbonyl (C=O) groups is 2. The minimum Gasteiger partial charge on any atom is -0.496 e. The molecule has 0 aliphatic heterocycles. The third-order valence-corrected chi connectivity index (χ3v) is 6.68. The molecule has 0 amide bonds. The molecule has 0 aliphatic rings. The van der Waals surface area contributed by atoms with Crippen molar-refractivity contribution in [2.75, 3.05) is 27.5 Å². The molecule has 6 nitrogen and oxygen atoms in total. The molecule has 0 fully saturated rings. The van der Waals surface area contributed by atoms with Crippen LogP contribution in [-0.2, 0) is 9.98 Å². The molecular weight excluding hydrogens is 427 g/mol. The molecule has 0 radical (unpaired) electrons. The molecule has 2 aromatic carbocycles. The van der Waals surface area contributed by atoms with Crippen LogP contribution in [0.1, 0.15) is 64.6 Å². The van der Waals surface area contributed by atoms with Gasteiger partial charge in [-0.25, -0.2) is 4.79 Å². The summed E-state index contributed by atoms with van der Waals surface area (Å²) in [6.45, 7) is 10.2. The summed E-state index contributed by atoms with van der Waals surface area (Å²) in [5, 5.41) is 0. The highest BCUT2D eigenvalue weighted by Gasteiger charge is 2.36. The second kappa shape index (κ2) is 10.3. The molecule has 0 N–H and O–H groups in total. The van der Waals surface area contributed by atoms with E-state index in [1.165, 1.54) is 33.5 Å². The number of ether oxygens (including phenoxy) is 3. The smallest absolute Gasteiger partial charge is 0.420 e. The van der Waals surface area contributed by atoms with Gasteiger partial charge in [-0.05, 0) is 36.0 Å². The lowest BCUT2D eigenvalue weighted by atomic mass is 9.83. The maximum Gasteiger partial charge on any atom is 0.420 e. The second-order valence-corrected chi connectivity index (χ2v) is 10.3. The maximum atomic E-state index is 12.9. The fraction of sp³-hybridized carbons (Fsp3) is 0.440. The van der Waals surface area contributed by atoms with Gasteiger partial charge in [-0.2, -0.15) is 0 Å². The molecule has 1 unspecified atom stereocenters. The fourth-order valence-electron chi connectivity index (χ4n) is 3.61. The minimum atomic E-state index is -2.35. The van der Waals surface area contributed by atoms with Gasteiger partial charge in [0.05, 0.1) is 27.8 Å². The van der Waals surface area contributed by atoms with Crippen molar-refractivity contribution in [2.24, 2.45) is 0 Å². The van der Waals surface area contributed by atoms with Crippen molar-refractivity contribution in [2.45, 2.75) is 46.5 Å². The van der Waals surface area contributed by atoms with Gasteiger partial charge in [-0.1, -0.05) is 37.5 Å². The van der Waals surface area contributed by atoms with Crippen LogP contribution in [0.3, 0.4) is 0 Å². The van der Waals surface area contributed by atoms with Crippen LogP contribution in [0.5, 0.6) is 17.2 Å². The highest BCUT2D eigenvalue weighted by Crippen LogP contribution is 2.40. The van der Waals surface area contributed by atoms with Crippen LogP contribution < -0.4 is 14.2 Å². The van der Waals surface area contributed by atoms with Gasteiger partial charge >= 0.3 is 13.3 Å². The Morgan fingerprint density at radius 1 is 0.844 bits per heavy atom. The van der Waals surface area contributed by atoms with E-state index in [9.17, 15) is 14.2 Å². The lowest BCUT2D eigenvalue weighted by molar-refractivity contribution is 0.0988. The zero-order chi connectivity index (χ0) is 24.2. The summed E-state index contributed by atoms with van der Waals surface area (Å²) in [4.78, 5) is 25.9. The topological polar surface area (TPSA) is 78.9 Å². The van der Waals surface area contributed by atoms with E-state index in [2.05, 4.69) is 20.8 Å². The predicted molar refractivity (Wildman–Crippen MR) is 126 cm³/mol. The van der Waals surface area contributed by atoms with Gasteiger partial charge in [0.25, 0.3) is 0 Å². The summed E-state index contributed by atoms with van der Waals surface area (Å²) >= 11 is 0. The van der Waals surface area contributed by atoms with Gasteiger partial charge in [0, 0.05) is 17.7 Å². The van der Waals surface area contributed by atoms with Crippen molar-refractivity contribution in [1.82, 2.24) is 0 Å². The molecule has 1 atom stereocenters. The number of hydrogen-bond acceptors (Lipinski definition) is 6. The van der Waals surface area contributed by atoms with Gasteiger partial charge in [0.15, 0.2) is 17.5 Å². The van der Waals surface area contributed by atoms with Crippen LogP contribution in [0.2, 0.25) is 0 Å². The van der Waals surface area contributed by atoms with Gasteiger partial charge in [-0.3, -0.25) is 4.79 Å². The Kier molecular flexibility index (Phi) is 8.19. The van der Waals surface area contributed by atoms with Crippen molar-refractivity contribution in [3.63, 3.8) is 0 Å². The number of Topliss-reactive ketones (excluding diaryl/α,β-unsaturated/α-hetero) is 1.